The molecule has 0 amide bonds. The Hall–Kier alpha value is -2.09. The molecule has 4 rings (SSSR count). The molecule has 7 heteroatoms. The predicted octanol–water partition coefficient (Wildman–Crippen LogP) is 1.60. The van der Waals surface area contributed by atoms with Gasteiger partial charge in [0, 0.05) is 17.9 Å². The first-order chi connectivity index (χ1) is 12.4. The van der Waals surface area contributed by atoms with Crippen molar-refractivity contribution in [3.8, 4) is 11.5 Å². The Labute approximate surface area is 152 Å². The molecular weight excluding hydrogens is 354 g/mol. The average molecular weight is 375 g/mol. The number of benzene rings is 2. The molecule has 0 aromatic heterocycles. The van der Waals surface area contributed by atoms with Gasteiger partial charge in [0.1, 0.15) is 0 Å². The Morgan fingerprint density at radius 1 is 1.15 bits per heavy atom. The van der Waals surface area contributed by atoms with Crippen LogP contribution in [0.3, 0.4) is 0 Å². The number of fused-ring (bicyclic) bond motifs is 1. The van der Waals surface area contributed by atoms with E-state index >= 15 is 0 Å². The van der Waals surface area contributed by atoms with Crippen LogP contribution in [0.15, 0.2) is 47.4 Å². The van der Waals surface area contributed by atoms with Gasteiger partial charge in [-0.15, -0.1) is 0 Å². The minimum atomic E-state index is -3.64. The lowest BCUT2D eigenvalue weighted by Crippen LogP contribution is -2.27. The molecule has 1 saturated carbocycles. The van der Waals surface area contributed by atoms with Crippen LogP contribution in [-0.2, 0) is 9.84 Å². The van der Waals surface area contributed by atoms with Crippen molar-refractivity contribution in [3.63, 3.8) is 0 Å². The molecule has 6 nitrogen and oxygen atoms in total. The second-order valence-corrected chi connectivity index (χ2v) is 9.03. The van der Waals surface area contributed by atoms with E-state index in [9.17, 15) is 13.5 Å². The molecule has 138 valence electrons. The predicted molar refractivity (Wildman–Crippen MR) is 96.0 cm³/mol. The Morgan fingerprint density at radius 3 is 2.50 bits per heavy atom. The van der Waals surface area contributed by atoms with Gasteiger partial charge in [-0.25, -0.2) is 8.42 Å². The molecule has 1 aliphatic carbocycles. The summed E-state index contributed by atoms with van der Waals surface area (Å²) >= 11 is 0. The monoisotopic (exact) mass is 375 g/mol. The van der Waals surface area contributed by atoms with E-state index in [-0.39, 0.29) is 24.8 Å². The van der Waals surface area contributed by atoms with Crippen molar-refractivity contribution in [1.82, 2.24) is 0 Å². The number of aryl methyl sites for hydroxylation is 1. The topological polar surface area (TPSA) is 98.9 Å². The zero-order valence-corrected chi connectivity index (χ0v) is 15.2. The summed E-state index contributed by atoms with van der Waals surface area (Å²) in [7, 11) is -3.64. The standard InChI is InChI=1S/C19H21NO5S/c1-12-2-5-14(6-3-12)26(22,23)18-17(19(18,9-20)10-21)13-4-7-15-16(8-13)25-11-24-15/h2-8,17-18,21H,9-11,20H2,1H3. The number of rotatable bonds is 5. The van der Waals surface area contributed by atoms with E-state index in [1.807, 2.05) is 13.0 Å². The van der Waals surface area contributed by atoms with Crippen LogP contribution in [0.2, 0.25) is 0 Å². The maximum absolute atomic E-state index is 13.2. The Bertz CT molecular complexity index is 935. The summed E-state index contributed by atoms with van der Waals surface area (Å²) in [4.78, 5) is 0.252. The van der Waals surface area contributed by atoms with E-state index in [0.717, 1.165) is 11.1 Å². The van der Waals surface area contributed by atoms with Crippen LogP contribution in [0, 0.1) is 12.3 Å². The third kappa shape index (κ3) is 2.42. The largest absolute Gasteiger partial charge is 0.454 e. The molecule has 2 aromatic rings. The third-order valence-corrected chi connectivity index (χ3v) is 7.83. The molecule has 0 saturated heterocycles. The van der Waals surface area contributed by atoms with Crippen LogP contribution < -0.4 is 15.2 Å². The molecule has 1 aliphatic heterocycles. The third-order valence-electron chi connectivity index (χ3n) is 5.49. The lowest BCUT2D eigenvalue weighted by Gasteiger charge is -2.12. The summed E-state index contributed by atoms with van der Waals surface area (Å²) in [5.41, 5.74) is 6.81. The fourth-order valence-electron chi connectivity index (χ4n) is 3.93. The fraction of sp³-hybridized carbons (Fsp3) is 0.368. The lowest BCUT2D eigenvalue weighted by atomic mass is 10.00. The Morgan fingerprint density at radius 2 is 1.85 bits per heavy atom. The Kier molecular flexibility index (Phi) is 3.98. The van der Waals surface area contributed by atoms with Gasteiger partial charge in [0.25, 0.3) is 0 Å². The number of hydrogen-bond donors (Lipinski definition) is 2. The number of hydrogen-bond acceptors (Lipinski definition) is 6. The van der Waals surface area contributed by atoms with Crippen molar-refractivity contribution in [2.75, 3.05) is 19.9 Å². The van der Waals surface area contributed by atoms with Gasteiger partial charge in [-0.3, -0.25) is 0 Å². The highest BCUT2D eigenvalue weighted by Crippen LogP contribution is 2.63. The molecule has 3 unspecified atom stereocenters. The first-order valence-corrected chi connectivity index (χ1v) is 10.00. The van der Waals surface area contributed by atoms with Gasteiger partial charge in [-0.1, -0.05) is 23.8 Å². The van der Waals surface area contributed by atoms with E-state index in [4.69, 9.17) is 15.2 Å². The van der Waals surface area contributed by atoms with E-state index in [2.05, 4.69) is 0 Å². The van der Waals surface area contributed by atoms with E-state index < -0.39 is 26.4 Å². The number of sulfone groups is 1. The van der Waals surface area contributed by atoms with Crippen molar-refractivity contribution in [2.45, 2.75) is 23.0 Å². The number of nitrogens with two attached hydrogens (primary N) is 1. The molecule has 3 N–H and O–H groups in total. The van der Waals surface area contributed by atoms with Crippen LogP contribution in [0.4, 0.5) is 0 Å². The fourth-order valence-corrected chi connectivity index (χ4v) is 6.38. The highest BCUT2D eigenvalue weighted by atomic mass is 32.2. The number of ether oxygens (including phenoxy) is 2. The molecule has 2 aromatic carbocycles. The van der Waals surface area contributed by atoms with Crippen LogP contribution in [0.5, 0.6) is 11.5 Å². The first kappa shape index (κ1) is 17.3. The van der Waals surface area contributed by atoms with E-state index in [1.54, 1.807) is 36.4 Å². The zero-order chi connectivity index (χ0) is 18.5. The van der Waals surface area contributed by atoms with Gasteiger partial charge >= 0.3 is 0 Å². The SMILES string of the molecule is Cc1ccc(S(=O)(=O)C2C(c3ccc4c(c3)OCO4)C2(CN)CO)cc1. The highest BCUT2D eigenvalue weighted by molar-refractivity contribution is 7.92. The smallest absolute Gasteiger partial charge is 0.231 e. The molecule has 26 heavy (non-hydrogen) atoms. The van der Waals surface area contributed by atoms with Crippen molar-refractivity contribution in [1.29, 1.82) is 0 Å². The van der Waals surface area contributed by atoms with Crippen LogP contribution >= 0.6 is 0 Å². The lowest BCUT2D eigenvalue weighted by molar-refractivity contribution is 0.174. The number of aliphatic hydroxyl groups is 1. The summed E-state index contributed by atoms with van der Waals surface area (Å²) < 4.78 is 37.2. The summed E-state index contributed by atoms with van der Waals surface area (Å²) in [6.45, 7) is 1.84. The van der Waals surface area contributed by atoms with Crippen LogP contribution in [0.25, 0.3) is 0 Å². The van der Waals surface area contributed by atoms with E-state index in [0.29, 0.717) is 11.5 Å². The molecular formula is C19H21NO5S. The van der Waals surface area contributed by atoms with Gasteiger partial charge in [-0.2, -0.15) is 0 Å². The van der Waals surface area contributed by atoms with Gasteiger partial charge in [0.05, 0.1) is 16.8 Å². The average Bonchev–Trinajstić information content (AvgIpc) is 3.12. The highest BCUT2D eigenvalue weighted by Gasteiger charge is 2.70. The quantitative estimate of drug-likeness (QED) is 0.824. The zero-order valence-electron chi connectivity index (χ0n) is 14.4. The van der Waals surface area contributed by atoms with Crippen LogP contribution in [0.1, 0.15) is 17.0 Å². The first-order valence-electron chi connectivity index (χ1n) is 8.45. The van der Waals surface area contributed by atoms with Crippen LogP contribution in [-0.4, -0.2) is 38.7 Å². The molecule has 0 spiro atoms. The van der Waals surface area contributed by atoms with Gasteiger partial charge < -0.3 is 20.3 Å². The molecule has 0 bridgehead atoms. The van der Waals surface area contributed by atoms with Crippen molar-refractivity contribution in [2.24, 2.45) is 11.1 Å². The maximum Gasteiger partial charge on any atom is 0.231 e. The molecule has 3 atom stereocenters. The molecule has 1 fully saturated rings. The molecule has 0 radical (unpaired) electrons. The molecule has 2 aliphatic rings. The summed E-state index contributed by atoms with van der Waals surface area (Å²) in [6.07, 6.45) is 0. The summed E-state index contributed by atoms with van der Waals surface area (Å²) in [5.74, 6) is 0.831. The second kappa shape index (κ2) is 5.97. The van der Waals surface area contributed by atoms with Crippen molar-refractivity contribution >= 4 is 9.84 Å². The van der Waals surface area contributed by atoms with Crippen molar-refractivity contribution in [3.05, 3.63) is 53.6 Å². The Balaban J connectivity index is 1.76. The summed E-state index contributed by atoms with van der Waals surface area (Å²) in [5, 5.41) is 9.24. The van der Waals surface area contributed by atoms with Gasteiger partial charge in [0.2, 0.25) is 6.79 Å². The summed E-state index contributed by atoms with van der Waals surface area (Å²) in [6, 6.07) is 12.1. The second-order valence-electron chi connectivity index (χ2n) is 6.96. The molecule has 1 heterocycles. The normalized spacial score (nSPS) is 26.7. The van der Waals surface area contributed by atoms with Crippen molar-refractivity contribution < 1.29 is 23.0 Å². The minimum absolute atomic E-state index is 0.0817. The van der Waals surface area contributed by atoms with Gasteiger partial charge in [0.15, 0.2) is 21.3 Å². The number of aliphatic hydroxyl groups excluding tert-OH is 1. The minimum Gasteiger partial charge on any atom is -0.454 e. The van der Waals surface area contributed by atoms with E-state index in [1.165, 1.54) is 0 Å². The van der Waals surface area contributed by atoms with Gasteiger partial charge in [-0.05, 0) is 36.8 Å². The maximum atomic E-state index is 13.2.